The quantitative estimate of drug-likeness (QED) is 0.742. The van der Waals surface area contributed by atoms with Crippen molar-refractivity contribution < 1.29 is 9.90 Å². The van der Waals surface area contributed by atoms with E-state index in [4.69, 9.17) is 0 Å². The molecular weight excluding hydrogens is 322 g/mol. The summed E-state index contributed by atoms with van der Waals surface area (Å²) in [5, 5.41) is 9.28. The molecule has 0 unspecified atom stereocenters. The van der Waals surface area contributed by atoms with Gasteiger partial charge in [0.15, 0.2) is 0 Å². The molecule has 1 aromatic carbocycles. The number of amides is 1. The van der Waals surface area contributed by atoms with Crippen LogP contribution in [0.3, 0.4) is 0 Å². The molecule has 0 bridgehead atoms. The fourth-order valence-corrected chi connectivity index (χ4v) is 3.49. The van der Waals surface area contributed by atoms with E-state index in [0.717, 1.165) is 22.0 Å². The number of aromatic nitrogens is 2. The average molecular weight is 339 g/mol. The first-order chi connectivity index (χ1) is 11.7. The molecule has 1 N–H and O–H groups in total. The van der Waals surface area contributed by atoms with Gasteiger partial charge in [-0.25, -0.2) is 4.98 Å². The zero-order valence-electron chi connectivity index (χ0n) is 13.0. The second-order valence-electron chi connectivity index (χ2n) is 5.88. The zero-order chi connectivity index (χ0) is 16.5. The molecule has 24 heavy (non-hydrogen) atoms. The molecule has 1 saturated heterocycles. The number of fused-ring (bicyclic) bond motifs is 1. The first-order valence-electron chi connectivity index (χ1n) is 7.82. The fourth-order valence-electron chi connectivity index (χ4n) is 2.71. The largest absolute Gasteiger partial charge is 0.389 e. The number of thioether (sulfide) groups is 1. The van der Waals surface area contributed by atoms with Gasteiger partial charge in [0.25, 0.3) is 5.91 Å². The number of aliphatic hydroxyl groups is 1. The Hall–Kier alpha value is -2.31. The number of nitrogens with zero attached hydrogens (tertiary/aromatic N) is 3. The van der Waals surface area contributed by atoms with Crippen LogP contribution in [0.1, 0.15) is 16.1 Å². The molecule has 1 aliphatic rings. The predicted octanol–water partition coefficient (Wildman–Crippen LogP) is 2.44. The molecule has 2 aromatic heterocycles. The molecule has 0 atom stereocenters. The molecule has 122 valence electrons. The third-order valence-electron chi connectivity index (χ3n) is 4.05. The van der Waals surface area contributed by atoms with E-state index in [9.17, 15) is 9.90 Å². The van der Waals surface area contributed by atoms with E-state index in [2.05, 4.69) is 4.98 Å². The number of carbonyl (C=O) groups is 1. The molecule has 1 fully saturated rings. The summed E-state index contributed by atoms with van der Waals surface area (Å²) in [5.41, 5.74) is 2.64. The maximum Gasteiger partial charge on any atom is 0.254 e. The van der Waals surface area contributed by atoms with Crippen molar-refractivity contribution in [1.82, 2.24) is 14.3 Å². The minimum Gasteiger partial charge on any atom is -0.389 e. The Labute approximate surface area is 143 Å². The Morgan fingerprint density at radius 1 is 1.21 bits per heavy atom. The molecule has 3 aromatic rings. The molecule has 0 radical (unpaired) electrons. The predicted molar refractivity (Wildman–Crippen MR) is 93.1 cm³/mol. The minimum absolute atomic E-state index is 0.0165. The van der Waals surface area contributed by atoms with Crippen LogP contribution in [-0.2, 0) is 5.75 Å². The number of rotatable bonds is 4. The smallest absolute Gasteiger partial charge is 0.254 e. The van der Waals surface area contributed by atoms with Crippen molar-refractivity contribution in [2.45, 2.75) is 16.8 Å². The van der Waals surface area contributed by atoms with E-state index in [1.807, 2.05) is 59.3 Å². The molecule has 5 nitrogen and oxygen atoms in total. The summed E-state index contributed by atoms with van der Waals surface area (Å²) in [6.45, 7) is 0.867. The van der Waals surface area contributed by atoms with E-state index < -0.39 is 0 Å². The van der Waals surface area contributed by atoms with Crippen LogP contribution in [-0.4, -0.2) is 44.5 Å². The second-order valence-corrected chi connectivity index (χ2v) is 6.92. The molecule has 0 aliphatic carbocycles. The number of likely N-dealkylation sites (tertiary alicyclic amines) is 1. The number of hydrogen-bond donors (Lipinski definition) is 1. The van der Waals surface area contributed by atoms with Gasteiger partial charge < -0.3 is 14.4 Å². The van der Waals surface area contributed by atoms with Crippen LogP contribution in [0.4, 0.5) is 0 Å². The van der Waals surface area contributed by atoms with E-state index >= 15 is 0 Å². The summed E-state index contributed by atoms with van der Waals surface area (Å²) in [4.78, 5) is 19.5. The monoisotopic (exact) mass is 339 g/mol. The number of benzene rings is 1. The second kappa shape index (κ2) is 6.30. The van der Waals surface area contributed by atoms with Crippen LogP contribution in [0.2, 0.25) is 0 Å². The standard InChI is InChI=1S/C18H17N3O2S/c22-15-10-21(11-15)18(23)13-4-6-16(7-5-13)24-12-14-9-20-8-2-1-3-17(20)19-14/h1-9,15,22H,10-12H2. The molecule has 3 heterocycles. The topological polar surface area (TPSA) is 57.8 Å². The lowest BCUT2D eigenvalue weighted by Gasteiger charge is -2.35. The number of hydrogen-bond acceptors (Lipinski definition) is 4. The summed E-state index contributed by atoms with van der Waals surface area (Å²) < 4.78 is 2.01. The maximum absolute atomic E-state index is 12.2. The fraction of sp³-hybridized carbons (Fsp3) is 0.222. The zero-order valence-corrected chi connectivity index (χ0v) is 13.8. The molecular formula is C18H17N3O2S. The molecule has 0 saturated carbocycles. The number of aliphatic hydroxyl groups excluding tert-OH is 1. The van der Waals surface area contributed by atoms with Gasteiger partial charge in [0, 0.05) is 41.7 Å². The van der Waals surface area contributed by atoms with Crippen LogP contribution in [0.15, 0.2) is 59.8 Å². The van der Waals surface area contributed by atoms with Crippen LogP contribution >= 0.6 is 11.8 Å². The van der Waals surface area contributed by atoms with Crippen LogP contribution < -0.4 is 0 Å². The van der Waals surface area contributed by atoms with Gasteiger partial charge in [0.1, 0.15) is 5.65 Å². The third kappa shape index (κ3) is 3.02. The summed E-state index contributed by atoms with van der Waals surface area (Å²) in [7, 11) is 0. The Morgan fingerprint density at radius 2 is 2.00 bits per heavy atom. The number of imidazole rings is 1. The average Bonchev–Trinajstić information content (AvgIpc) is 3.00. The molecule has 1 amide bonds. The van der Waals surface area contributed by atoms with Gasteiger partial charge >= 0.3 is 0 Å². The van der Waals surface area contributed by atoms with Crippen LogP contribution in [0, 0.1) is 0 Å². The number of β-amino-alcohol motifs (C(OH)–C–C–N with tert-alkyl or cyclic N) is 1. The van der Waals surface area contributed by atoms with Gasteiger partial charge in [-0.3, -0.25) is 4.79 Å². The van der Waals surface area contributed by atoms with Crippen LogP contribution in [0.5, 0.6) is 0 Å². The van der Waals surface area contributed by atoms with E-state index in [0.29, 0.717) is 18.7 Å². The van der Waals surface area contributed by atoms with Crippen molar-refractivity contribution in [2.24, 2.45) is 0 Å². The number of pyridine rings is 1. The summed E-state index contributed by atoms with van der Waals surface area (Å²) in [6.07, 6.45) is 3.66. The lowest BCUT2D eigenvalue weighted by Crippen LogP contribution is -2.53. The Balaban J connectivity index is 1.39. The van der Waals surface area contributed by atoms with Gasteiger partial charge in [0.05, 0.1) is 11.8 Å². The normalized spacial score (nSPS) is 14.8. The first kappa shape index (κ1) is 15.2. The Kier molecular flexibility index (Phi) is 4.00. The number of carbonyl (C=O) groups excluding carboxylic acids is 1. The third-order valence-corrected chi connectivity index (χ3v) is 5.10. The Morgan fingerprint density at radius 3 is 2.71 bits per heavy atom. The highest BCUT2D eigenvalue weighted by molar-refractivity contribution is 7.98. The van der Waals surface area contributed by atoms with Gasteiger partial charge in [-0.2, -0.15) is 0 Å². The lowest BCUT2D eigenvalue weighted by atomic mass is 10.1. The van der Waals surface area contributed by atoms with Gasteiger partial charge in [-0.1, -0.05) is 6.07 Å². The van der Waals surface area contributed by atoms with Gasteiger partial charge in [-0.05, 0) is 36.4 Å². The Bertz CT molecular complexity index is 836. The van der Waals surface area contributed by atoms with Gasteiger partial charge in [0.2, 0.25) is 0 Å². The minimum atomic E-state index is -0.366. The maximum atomic E-state index is 12.2. The summed E-state index contributed by atoms with van der Waals surface area (Å²) >= 11 is 1.70. The van der Waals surface area contributed by atoms with Crippen molar-refractivity contribution in [3.63, 3.8) is 0 Å². The van der Waals surface area contributed by atoms with E-state index in [1.54, 1.807) is 16.7 Å². The van der Waals surface area contributed by atoms with E-state index in [1.165, 1.54) is 0 Å². The molecule has 6 heteroatoms. The molecule has 1 aliphatic heterocycles. The van der Waals surface area contributed by atoms with Gasteiger partial charge in [-0.15, -0.1) is 11.8 Å². The van der Waals surface area contributed by atoms with Crippen molar-refractivity contribution in [1.29, 1.82) is 0 Å². The van der Waals surface area contributed by atoms with Crippen molar-refractivity contribution in [3.05, 3.63) is 66.1 Å². The highest BCUT2D eigenvalue weighted by Crippen LogP contribution is 2.24. The van der Waals surface area contributed by atoms with Crippen molar-refractivity contribution in [3.8, 4) is 0 Å². The summed E-state index contributed by atoms with van der Waals surface area (Å²) in [5.74, 6) is 0.769. The van der Waals surface area contributed by atoms with Crippen molar-refractivity contribution >= 4 is 23.3 Å². The highest BCUT2D eigenvalue weighted by atomic mass is 32.2. The molecule has 4 rings (SSSR count). The van der Waals surface area contributed by atoms with Crippen LogP contribution in [0.25, 0.3) is 5.65 Å². The van der Waals surface area contributed by atoms with Crippen molar-refractivity contribution in [2.75, 3.05) is 13.1 Å². The molecule has 0 spiro atoms. The summed E-state index contributed by atoms with van der Waals surface area (Å²) in [6, 6.07) is 13.6. The van der Waals surface area contributed by atoms with E-state index in [-0.39, 0.29) is 12.0 Å². The first-order valence-corrected chi connectivity index (χ1v) is 8.80. The highest BCUT2D eigenvalue weighted by Gasteiger charge is 2.29. The SMILES string of the molecule is O=C(c1ccc(SCc2cn3ccccc3n2)cc1)N1CC(O)C1. The lowest BCUT2D eigenvalue weighted by molar-refractivity contribution is 0.00589.